The zero-order valence-electron chi connectivity index (χ0n) is 16.0. The molecule has 0 spiro atoms. The Bertz CT molecular complexity index is 1110. The van der Waals surface area contributed by atoms with Crippen LogP contribution >= 0.6 is 11.6 Å². The van der Waals surface area contributed by atoms with Gasteiger partial charge in [-0.3, -0.25) is 9.78 Å². The van der Waals surface area contributed by atoms with Gasteiger partial charge in [0.15, 0.2) is 6.10 Å². The molecule has 0 radical (unpaired) electrons. The highest BCUT2D eigenvalue weighted by atomic mass is 35.5. The maximum Gasteiger partial charge on any atom is 0.339 e. The highest BCUT2D eigenvalue weighted by molar-refractivity contribution is 6.32. The fraction of sp³-hybridized carbons (Fsp3) is 0.318. The Morgan fingerprint density at radius 2 is 2.10 bits per heavy atom. The largest absolute Gasteiger partial charge is 0.479 e. The number of carbonyl (C=O) groups excluding carboxylic acids is 1. The zero-order chi connectivity index (χ0) is 20.4. The second-order valence-electron chi connectivity index (χ2n) is 7.17. The number of amides is 1. The molecule has 1 N–H and O–H groups in total. The van der Waals surface area contributed by atoms with Gasteiger partial charge in [-0.1, -0.05) is 17.7 Å². The van der Waals surface area contributed by atoms with Gasteiger partial charge in [0.05, 0.1) is 5.02 Å². The van der Waals surface area contributed by atoms with Gasteiger partial charge in [0.25, 0.3) is 5.91 Å². The van der Waals surface area contributed by atoms with E-state index in [1.165, 1.54) is 0 Å². The van der Waals surface area contributed by atoms with Gasteiger partial charge in [-0.2, -0.15) is 0 Å². The third-order valence-corrected chi connectivity index (χ3v) is 5.43. The molecule has 0 bridgehead atoms. The molecule has 4 rings (SSSR count). The van der Waals surface area contributed by atoms with Crippen molar-refractivity contribution in [3.8, 4) is 5.75 Å². The third-order valence-electron chi connectivity index (χ3n) is 5.14. The number of halogens is 1. The number of aromatic nitrogens is 1. The summed E-state index contributed by atoms with van der Waals surface area (Å²) in [5, 5.41) is 4.02. The van der Waals surface area contributed by atoms with Crippen molar-refractivity contribution in [3.63, 3.8) is 0 Å². The van der Waals surface area contributed by atoms with Crippen LogP contribution < -0.4 is 15.7 Å². The lowest BCUT2D eigenvalue weighted by atomic mass is 9.90. The van der Waals surface area contributed by atoms with Gasteiger partial charge in [-0.15, -0.1) is 0 Å². The molecule has 1 aliphatic rings. The Balaban J connectivity index is 1.53. The lowest BCUT2D eigenvalue weighted by Gasteiger charge is -2.18. The van der Waals surface area contributed by atoms with Crippen LogP contribution in [0, 0.1) is 0 Å². The molecule has 150 valence electrons. The van der Waals surface area contributed by atoms with Crippen LogP contribution in [0.4, 0.5) is 0 Å². The molecule has 7 heteroatoms. The van der Waals surface area contributed by atoms with Crippen molar-refractivity contribution in [3.05, 3.63) is 68.8 Å². The number of aryl methyl sites for hydroxylation is 1. The van der Waals surface area contributed by atoms with E-state index in [1.54, 1.807) is 31.5 Å². The normalized spacial score (nSPS) is 14.3. The van der Waals surface area contributed by atoms with Gasteiger partial charge in [0, 0.05) is 36.0 Å². The first-order valence-electron chi connectivity index (χ1n) is 9.64. The number of pyridine rings is 1. The molecule has 29 heavy (non-hydrogen) atoms. The van der Waals surface area contributed by atoms with E-state index < -0.39 is 6.10 Å². The summed E-state index contributed by atoms with van der Waals surface area (Å²) in [6.07, 6.45) is 6.19. The fourth-order valence-corrected chi connectivity index (χ4v) is 3.82. The number of benzene rings is 1. The number of nitrogens with zero attached hydrogens (tertiary/aromatic N) is 1. The Labute approximate surface area is 172 Å². The van der Waals surface area contributed by atoms with Crippen LogP contribution in [0.2, 0.25) is 5.02 Å². The SMILES string of the molecule is CC(Oc1cc2oc(=O)c3c(c2cc1Cl)CCCC3)C(=O)NCc1cccnc1. The average molecular weight is 413 g/mol. The summed E-state index contributed by atoms with van der Waals surface area (Å²) in [7, 11) is 0. The van der Waals surface area contributed by atoms with Crippen LogP contribution in [0.25, 0.3) is 11.0 Å². The summed E-state index contributed by atoms with van der Waals surface area (Å²) in [6.45, 7) is 2.00. The predicted molar refractivity (Wildman–Crippen MR) is 110 cm³/mol. The Hall–Kier alpha value is -2.86. The number of rotatable bonds is 5. The van der Waals surface area contributed by atoms with Crippen LogP contribution in [0.5, 0.6) is 5.75 Å². The smallest absolute Gasteiger partial charge is 0.339 e. The number of carbonyl (C=O) groups is 1. The van der Waals surface area contributed by atoms with Crippen molar-refractivity contribution >= 4 is 28.5 Å². The van der Waals surface area contributed by atoms with Crippen molar-refractivity contribution in [2.45, 2.75) is 45.3 Å². The number of hydrogen-bond donors (Lipinski definition) is 1. The van der Waals surface area contributed by atoms with Crippen molar-refractivity contribution in [2.24, 2.45) is 0 Å². The minimum Gasteiger partial charge on any atom is -0.479 e. The van der Waals surface area contributed by atoms with E-state index in [-0.39, 0.29) is 11.5 Å². The van der Waals surface area contributed by atoms with E-state index in [1.807, 2.05) is 12.1 Å². The molecule has 6 nitrogen and oxygen atoms in total. The molecule has 0 aliphatic heterocycles. The molecule has 1 unspecified atom stereocenters. The van der Waals surface area contributed by atoms with Crippen LogP contribution in [0.3, 0.4) is 0 Å². The monoisotopic (exact) mass is 412 g/mol. The molecular weight excluding hydrogens is 392 g/mol. The number of hydrogen-bond acceptors (Lipinski definition) is 5. The zero-order valence-corrected chi connectivity index (χ0v) is 16.8. The molecular formula is C22H21ClN2O4. The Morgan fingerprint density at radius 1 is 1.31 bits per heavy atom. The van der Waals surface area contributed by atoms with Gasteiger partial charge < -0.3 is 14.5 Å². The van der Waals surface area contributed by atoms with E-state index in [0.29, 0.717) is 22.9 Å². The van der Waals surface area contributed by atoms with Crippen molar-refractivity contribution in [2.75, 3.05) is 0 Å². The minimum absolute atomic E-state index is 0.281. The Kier molecular flexibility index (Phi) is 5.53. The first-order chi connectivity index (χ1) is 14.0. The molecule has 1 aromatic carbocycles. The summed E-state index contributed by atoms with van der Waals surface area (Å²) in [5.74, 6) is 0.0269. The van der Waals surface area contributed by atoms with Crippen molar-refractivity contribution in [1.29, 1.82) is 0 Å². The summed E-state index contributed by atoms with van der Waals surface area (Å²) >= 11 is 6.42. The quantitative estimate of drug-likeness (QED) is 0.644. The molecule has 2 heterocycles. The molecule has 3 aromatic rings. The minimum atomic E-state index is -0.772. The summed E-state index contributed by atoms with van der Waals surface area (Å²) in [5.41, 5.74) is 2.78. The fourth-order valence-electron chi connectivity index (χ4n) is 3.61. The van der Waals surface area contributed by atoms with Crippen LogP contribution in [-0.4, -0.2) is 17.0 Å². The predicted octanol–water partition coefficient (Wildman–Crippen LogP) is 3.80. The van der Waals surface area contributed by atoms with E-state index in [0.717, 1.165) is 47.8 Å². The molecule has 1 atom stereocenters. The highest BCUT2D eigenvalue weighted by Gasteiger charge is 2.21. The van der Waals surface area contributed by atoms with Crippen LogP contribution in [0.15, 0.2) is 45.9 Å². The average Bonchev–Trinajstić information content (AvgIpc) is 2.74. The van der Waals surface area contributed by atoms with Crippen LogP contribution in [0.1, 0.15) is 36.5 Å². The summed E-state index contributed by atoms with van der Waals surface area (Å²) in [4.78, 5) is 28.7. The van der Waals surface area contributed by atoms with Crippen molar-refractivity contribution < 1.29 is 13.9 Å². The van der Waals surface area contributed by atoms with E-state index in [4.69, 9.17) is 20.8 Å². The summed E-state index contributed by atoms with van der Waals surface area (Å²) in [6, 6.07) is 7.04. The van der Waals surface area contributed by atoms with Gasteiger partial charge in [-0.05, 0) is 55.9 Å². The van der Waals surface area contributed by atoms with Crippen molar-refractivity contribution in [1.82, 2.24) is 10.3 Å². The second kappa shape index (κ2) is 8.25. The highest BCUT2D eigenvalue weighted by Crippen LogP contribution is 2.34. The third kappa shape index (κ3) is 4.12. The molecule has 0 saturated heterocycles. The summed E-state index contributed by atoms with van der Waals surface area (Å²) < 4.78 is 11.3. The second-order valence-corrected chi connectivity index (χ2v) is 7.58. The van der Waals surface area contributed by atoms with Gasteiger partial charge in [0.1, 0.15) is 11.3 Å². The van der Waals surface area contributed by atoms with Gasteiger partial charge in [0.2, 0.25) is 0 Å². The standard InChI is InChI=1S/C22H21ClN2O4/c1-13(21(26)25-12-14-5-4-8-24-11-14)28-20-10-19-17(9-18(20)23)15-6-2-3-7-16(15)22(27)29-19/h4-5,8-11,13H,2-3,6-7,12H2,1H3,(H,25,26). The van der Waals surface area contributed by atoms with Gasteiger partial charge >= 0.3 is 5.63 Å². The molecule has 1 amide bonds. The molecule has 2 aromatic heterocycles. The first-order valence-corrected chi connectivity index (χ1v) is 10.0. The van der Waals surface area contributed by atoms with E-state index in [2.05, 4.69) is 10.3 Å². The van der Waals surface area contributed by atoms with E-state index in [9.17, 15) is 9.59 Å². The number of fused-ring (bicyclic) bond motifs is 3. The first kappa shape index (κ1) is 19.5. The number of nitrogens with one attached hydrogen (secondary N) is 1. The topological polar surface area (TPSA) is 81.4 Å². The lowest BCUT2D eigenvalue weighted by Crippen LogP contribution is -2.36. The van der Waals surface area contributed by atoms with Crippen LogP contribution in [-0.2, 0) is 24.2 Å². The molecule has 0 fully saturated rings. The Morgan fingerprint density at radius 3 is 2.86 bits per heavy atom. The molecule has 1 aliphatic carbocycles. The van der Waals surface area contributed by atoms with E-state index >= 15 is 0 Å². The van der Waals surface area contributed by atoms with Gasteiger partial charge in [-0.25, -0.2) is 4.79 Å². The maximum absolute atomic E-state index is 12.4. The molecule has 0 saturated carbocycles. The lowest BCUT2D eigenvalue weighted by molar-refractivity contribution is -0.127. The number of ether oxygens (including phenoxy) is 1. The maximum atomic E-state index is 12.4.